The summed E-state index contributed by atoms with van der Waals surface area (Å²) in [5, 5.41) is 2.12. The average Bonchev–Trinajstić information content (AvgIpc) is 2.12. The van der Waals surface area contributed by atoms with Gasteiger partial charge in [0.05, 0.1) is 0 Å². The number of alkyl halides is 1. The molecule has 1 aromatic rings. The summed E-state index contributed by atoms with van der Waals surface area (Å²) < 4.78 is 0.248. The van der Waals surface area contributed by atoms with Crippen molar-refractivity contribution in [3.05, 3.63) is 22.4 Å². The Morgan fingerprint density at radius 3 is 2.70 bits per heavy atom. The van der Waals surface area contributed by atoms with E-state index in [1.165, 1.54) is 4.88 Å². The Morgan fingerprint density at radius 2 is 2.30 bits per heavy atom. The van der Waals surface area contributed by atoms with Crippen molar-refractivity contribution >= 4 is 27.3 Å². The highest BCUT2D eigenvalue weighted by Crippen LogP contribution is 2.24. The van der Waals surface area contributed by atoms with Crippen LogP contribution >= 0.6 is 27.3 Å². The van der Waals surface area contributed by atoms with Gasteiger partial charge >= 0.3 is 0 Å². The number of halogens is 1. The molecule has 0 aromatic carbocycles. The summed E-state index contributed by atoms with van der Waals surface area (Å²) in [5.41, 5.74) is 0. The van der Waals surface area contributed by atoms with Gasteiger partial charge in [0.15, 0.2) is 0 Å². The van der Waals surface area contributed by atoms with Crippen molar-refractivity contribution in [1.82, 2.24) is 0 Å². The first-order chi connectivity index (χ1) is 4.58. The fraction of sp³-hybridized carbons (Fsp3) is 0.500. The van der Waals surface area contributed by atoms with Gasteiger partial charge in [0.2, 0.25) is 0 Å². The first-order valence-corrected chi connectivity index (χ1v) is 4.96. The third-order valence-corrected chi connectivity index (χ3v) is 2.33. The minimum atomic E-state index is 0.248. The first-order valence-electron chi connectivity index (χ1n) is 3.29. The van der Waals surface area contributed by atoms with Gasteiger partial charge in [-0.25, -0.2) is 0 Å². The van der Waals surface area contributed by atoms with Crippen LogP contribution in [0.2, 0.25) is 0 Å². The minimum absolute atomic E-state index is 0.248. The average molecular weight is 219 g/mol. The van der Waals surface area contributed by atoms with E-state index in [2.05, 4.69) is 47.3 Å². The van der Waals surface area contributed by atoms with Gasteiger partial charge in [-0.15, -0.1) is 11.3 Å². The lowest BCUT2D eigenvalue weighted by Crippen LogP contribution is -2.11. The van der Waals surface area contributed by atoms with E-state index in [1.807, 2.05) is 11.3 Å². The molecule has 0 saturated carbocycles. The van der Waals surface area contributed by atoms with Crippen LogP contribution in [0.25, 0.3) is 0 Å². The van der Waals surface area contributed by atoms with E-state index < -0.39 is 0 Å². The van der Waals surface area contributed by atoms with Crippen LogP contribution in [-0.2, 0) is 6.42 Å². The van der Waals surface area contributed by atoms with Crippen LogP contribution in [-0.4, -0.2) is 4.32 Å². The van der Waals surface area contributed by atoms with Crippen LogP contribution in [0.15, 0.2) is 17.5 Å². The van der Waals surface area contributed by atoms with Crippen LogP contribution in [0.3, 0.4) is 0 Å². The zero-order valence-corrected chi connectivity index (χ0v) is 8.63. The molecule has 56 valence electrons. The molecular formula is C8H11BrS. The van der Waals surface area contributed by atoms with Crippen molar-refractivity contribution in [2.45, 2.75) is 24.6 Å². The first kappa shape index (κ1) is 8.28. The molecule has 0 aliphatic rings. The Labute approximate surface area is 74.4 Å². The molecule has 0 saturated heterocycles. The summed E-state index contributed by atoms with van der Waals surface area (Å²) in [6, 6.07) is 4.27. The fourth-order valence-electron chi connectivity index (χ4n) is 0.827. The van der Waals surface area contributed by atoms with Crippen LogP contribution in [0.1, 0.15) is 18.7 Å². The van der Waals surface area contributed by atoms with E-state index in [4.69, 9.17) is 0 Å². The molecule has 10 heavy (non-hydrogen) atoms. The Balaban J connectivity index is 2.57. The molecule has 0 aliphatic heterocycles. The topological polar surface area (TPSA) is 0 Å². The van der Waals surface area contributed by atoms with Crippen molar-refractivity contribution < 1.29 is 0 Å². The molecule has 0 spiro atoms. The molecule has 0 aliphatic carbocycles. The van der Waals surface area contributed by atoms with Gasteiger partial charge in [-0.05, 0) is 31.7 Å². The highest BCUT2D eigenvalue weighted by atomic mass is 79.9. The van der Waals surface area contributed by atoms with E-state index in [9.17, 15) is 0 Å². The van der Waals surface area contributed by atoms with Crippen molar-refractivity contribution in [2.24, 2.45) is 0 Å². The van der Waals surface area contributed by atoms with Crippen molar-refractivity contribution in [3.8, 4) is 0 Å². The maximum atomic E-state index is 3.61. The Hall–Kier alpha value is 0.180. The molecule has 2 heteroatoms. The molecule has 0 radical (unpaired) electrons. The van der Waals surface area contributed by atoms with Gasteiger partial charge in [-0.2, -0.15) is 0 Å². The number of hydrogen-bond acceptors (Lipinski definition) is 1. The zero-order valence-electron chi connectivity index (χ0n) is 6.23. The second-order valence-corrected chi connectivity index (χ2v) is 6.15. The molecule has 0 atom stereocenters. The quantitative estimate of drug-likeness (QED) is 0.668. The van der Waals surface area contributed by atoms with Crippen molar-refractivity contribution in [1.29, 1.82) is 0 Å². The zero-order chi connectivity index (χ0) is 7.61. The lowest BCUT2D eigenvalue weighted by Gasteiger charge is -2.13. The number of thiophene rings is 1. The summed E-state index contributed by atoms with van der Waals surface area (Å²) in [6.07, 6.45) is 1.12. The summed E-state index contributed by atoms with van der Waals surface area (Å²) in [4.78, 5) is 1.45. The van der Waals surface area contributed by atoms with Gasteiger partial charge in [-0.1, -0.05) is 22.0 Å². The highest BCUT2D eigenvalue weighted by Gasteiger charge is 2.13. The Kier molecular flexibility index (Phi) is 2.53. The number of rotatable bonds is 2. The standard InChI is InChI=1S/C8H11BrS/c1-8(2,9)6-7-4-3-5-10-7/h3-5H,6H2,1-2H3. The molecule has 0 nitrogen and oxygen atoms in total. The van der Waals surface area contributed by atoms with E-state index in [0.717, 1.165) is 6.42 Å². The summed E-state index contributed by atoms with van der Waals surface area (Å²) in [5.74, 6) is 0. The van der Waals surface area contributed by atoms with Gasteiger partial charge in [0.1, 0.15) is 0 Å². The van der Waals surface area contributed by atoms with Crippen LogP contribution < -0.4 is 0 Å². The molecule has 0 amide bonds. The molecular weight excluding hydrogens is 208 g/mol. The Bertz CT molecular complexity index is 184. The summed E-state index contributed by atoms with van der Waals surface area (Å²) in [7, 11) is 0. The largest absolute Gasteiger partial charge is 0.149 e. The van der Waals surface area contributed by atoms with E-state index in [0.29, 0.717) is 0 Å². The second-order valence-electron chi connectivity index (χ2n) is 2.97. The molecule has 0 bridgehead atoms. The van der Waals surface area contributed by atoms with E-state index in [-0.39, 0.29) is 4.32 Å². The normalized spacial score (nSPS) is 11.9. The lowest BCUT2D eigenvalue weighted by atomic mass is 10.1. The predicted molar refractivity (Wildman–Crippen MR) is 51.0 cm³/mol. The third kappa shape index (κ3) is 2.84. The second kappa shape index (κ2) is 3.05. The molecule has 1 aromatic heterocycles. The third-order valence-electron chi connectivity index (χ3n) is 1.17. The van der Waals surface area contributed by atoms with Crippen molar-refractivity contribution in [3.63, 3.8) is 0 Å². The smallest absolute Gasteiger partial charge is 0.0249 e. The SMILES string of the molecule is CC(C)(Br)Cc1cccs1. The summed E-state index contributed by atoms with van der Waals surface area (Å²) >= 11 is 5.43. The minimum Gasteiger partial charge on any atom is -0.149 e. The predicted octanol–water partition coefficient (Wildman–Crippen LogP) is 3.46. The van der Waals surface area contributed by atoms with Crippen LogP contribution in [0, 0.1) is 0 Å². The monoisotopic (exact) mass is 218 g/mol. The van der Waals surface area contributed by atoms with E-state index in [1.54, 1.807) is 0 Å². The Morgan fingerprint density at radius 1 is 1.60 bits per heavy atom. The maximum Gasteiger partial charge on any atom is 0.0249 e. The van der Waals surface area contributed by atoms with Crippen LogP contribution in [0.5, 0.6) is 0 Å². The number of hydrogen-bond donors (Lipinski definition) is 0. The van der Waals surface area contributed by atoms with Crippen molar-refractivity contribution in [2.75, 3.05) is 0 Å². The highest BCUT2D eigenvalue weighted by molar-refractivity contribution is 9.10. The van der Waals surface area contributed by atoms with Gasteiger partial charge in [-0.3, -0.25) is 0 Å². The van der Waals surface area contributed by atoms with Gasteiger partial charge in [0, 0.05) is 9.20 Å². The summed E-state index contributed by atoms with van der Waals surface area (Å²) in [6.45, 7) is 4.37. The molecule has 0 N–H and O–H groups in total. The van der Waals surface area contributed by atoms with E-state index >= 15 is 0 Å². The maximum absolute atomic E-state index is 3.61. The fourth-order valence-corrected chi connectivity index (χ4v) is 2.25. The van der Waals surface area contributed by atoms with Gasteiger partial charge in [0.25, 0.3) is 0 Å². The molecule has 0 fully saturated rings. The van der Waals surface area contributed by atoms with Crippen LogP contribution in [0.4, 0.5) is 0 Å². The lowest BCUT2D eigenvalue weighted by molar-refractivity contribution is 0.733. The molecule has 1 heterocycles. The van der Waals surface area contributed by atoms with Gasteiger partial charge < -0.3 is 0 Å². The molecule has 1 rings (SSSR count). The molecule has 0 unspecified atom stereocenters.